The Kier molecular flexibility index (Phi) is 5.06. The molecule has 2 aromatic rings. The standard InChI is InChI=1S/C15H15Cl2N/c16-14-6-7-15(17)13(10-14)8-9-18-11-12-4-2-1-3-5-12/h1-7,10,18H,8-9,11H2. The Hall–Kier alpha value is -1.02. The fourth-order valence-electron chi connectivity index (χ4n) is 1.79. The van der Waals surface area contributed by atoms with Crippen molar-refractivity contribution >= 4 is 23.2 Å². The first-order valence-electron chi connectivity index (χ1n) is 5.94. The van der Waals surface area contributed by atoms with E-state index in [1.807, 2.05) is 36.4 Å². The van der Waals surface area contributed by atoms with Gasteiger partial charge in [0.25, 0.3) is 0 Å². The van der Waals surface area contributed by atoms with Crippen LogP contribution in [0.15, 0.2) is 48.5 Å². The number of benzene rings is 2. The third-order valence-corrected chi connectivity index (χ3v) is 3.35. The first-order chi connectivity index (χ1) is 8.75. The highest BCUT2D eigenvalue weighted by molar-refractivity contribution is 6.33. The van der Waals surface area contributed by atoms with Crippen molar-refractivity contribution in [1.82, 2.24) is 5.32 Å². The van der Waals surface area contributed by atoms with Crippen molar-refractivity contribution in [2.24, 2.45) is 0 Å². The topological polar surface area (TPSA) is 12.0 Å². The van der Waals surface area contributed by atoms with Gasteiger partial charge in [0.15, 0.2) is 0 Å². The van der Waals surface area contributed by atoms with Crippen LogP contribution < -0.4 is 5.32 Å². The third kappa shape index (κ3) is 4.02. The maximum absolute atomic E-state index is 6.11. The average Bonchev–Trinajstić information content (AvgIpc) is 2.40. The molecule has 1 nitrogen and oxygen atoms in total. The van der Waals surface area contributed by atoms with Crippen LogP contribution in [0.2, 0.25) is 10.0 Å². The van der Waals surface area contributed by atoms with Crippen LogP contribution >= 0.6 is 23.2 Å². The molecule has 0 radical (unpaired) electrons. The molecule has 0 spiro atoms. The molecule has 0 fully saturated rings. The molecule has 0 aliphatic heterocycles. The summed E-state index contributed by atoms with van der Waals surface area (Å²) < 4.78 is 0. The Morgan fingerprint density at radius 1 is 0.944 bits per heavy atom. The fourth-order valence-corrected chi connectivity index (χ4v) is 2.19. The molecule has 0 aliphatic carbocycles. The summed E-state index contributed by atoms with van der Waals surface area (Å²) in [4.78, 5) is 0. The quantitative estimate of drug-likeness (QED) is 0.804. The first-order valence-corrected chi connectivity index (χ1v) is 6.70. The van der Waals surface area contributed by atoms with Gasteiger partial charge in [-0.3, -0.25) is 0 Å². The summed E-state index contributed by atoms with van der Waals surface area (Å²) >= 11 is 12.1. The van der Waals surface area contributed by atoms with Gasteiger partial charge in [-0.2, -0.15) is 0 Å². The highest BCUT2D eigenvalue weighted by atomic mass is 35.5. The highest BCUT2D eigenvalue weighted by Crippen LogP contribution is 2.20. The molecule has 0 atom stereocenters. The van der Waals surface area contributed by atoms with Crippen LogP contribution in [-0.4, -0.2) is 6.54 Å². The smallest absolute Gasteiger partial charge is 0.0439 e. The first kappa shape index (κ1) is 13.4. The fraction of sp³-hybridized carbons (Fsp3) is 0.200. The van der Waals surface area contributed by atoms with Crippen molar-refractivity contribution < 1.29 is 0 Å². The van der Waals surface area contributed by atoms with Crippen LogP contribution in [0, 0.1) is 0 Å². The van der Waals surface area contributed by atoms with Crippen molar-refractivity contribution in [3.05, 3.63) is 69.7 Å². The van der Waals surface area contributed by atoms with Gasteiger partial charge in [-0.1, -0.05) is 53.5 Å². The molecule has 2 rings (SSSR count). The molecule has 0 heterocycles. The Morgan fingerprint density at radius 3 is 2.50 bits per heavy atom. The van der Waals surface area contributed by atoms with E-state index in [1.54, 1.807) is 0 Å². The largest absolute Gasteiger partial charge is 0.312 e. The van der Waals surface area contributed by atoms with Crippen molar-refractivity contribution in [2.45, 2.75) is 13.0 Å². The second kappa shape index (κ2) is 6.79. The zero-order chi connectivity index (χ0) is 12.8. The normalized spacial score (nSPS) is 10.6. The van der Waals surface area contributed by atoms with Crippen LogP contribution in [0.25, 0.3) is 0 Å². The monoisotopic (exact) mass is 279 g/mol. The van der Waals surface area contributed by atoms with Gasteiger partial charge in [0.2, 0.25) is 0 Å². The zero-order valence-corrected chi connectivity index (χ0v) is 11.5. The van der Waals surface area contributed by atoms with Crippen molar-refractivity contribution in [2.75, 3.05) is 6.54 Å². The maximum atomic E-state index is 6.11. The minimum atomic E-state index is 0.734. The van der Waals surface area contributed by atoms with Crippen LogP contribution in [-0.2, 0) is 13.0 Å². The highest BCUT2D eigenvalue weighted by Gasteiger charge is 2.01. The van der Waals surface area contributed by atoms with Gasteiger partial charge >= 0.3 is 0 Å². The lowest BCUT2D eigenvalue weighted by molar-refractivity contribution is 0.687. The van der Waals surface area contributed by atoms with E-state index in [-0.39, 0.29) is 0 Å². The molecule has 2 aromatic carbocycles. The Labute approximate surface area is 118 Å². The number of rotatable bonds is 5. The number of hydrogen-bond acceptors (Lipinski definition) is 1. The summed E-state index contributed by atoms with van der Waals surface area (Å²) in [6.45, 7) is 1.76. The number of nitrogens with one attached hydrogen (secondary N) is 1. The van der Waals surface area contributed by atoms with Gasteiger partial charge in [-0.05, 0) is 42.3 Å². The molecule has 0 saturated carbocycles. The van der Waals surface area contributed by atoms with E-state index < -0.39 is 0 Å². The van der Waals surface area contributed by atoms with E-state index in [2.05, 4.69) is 17.4 Å². The molecule has 0 bridgehead atoms. The molecule has 1 N–H and O–H groups in total. The van der Waals surface area contributed by atoms with Gasteiger partial charge in [-0.15, -0.1) is 0 Å². The number of halogens is 2. The Morgan fingerprint density at radius 2 is 1.72 bits per heavy atom. The molecular weight excluding hydrogens is 265 g/mol. The van der Waals surface area contributed by atoms with Crippen LogP contribution in [0.1, 0.15) is 11.1 Å². The van der Waals surface area contributed by atoms with Crippen molar-refractivity contribution in [3.63, 3.8) is 0 Å². The van der Waals surface area contributed by atoms with E-state index >= 15 is 0 Å². The SMILES string of the molecule is Clc1ccc(Cl)c(CCNCc2ccccc2)c1. The number of hydrogen-bond donors (Lipinski definition) is 1. The van der Waals surface area contributed by atoms with Crippen LogP contribution in [0.5, 0.6) is 0 Å². The lowest BCUT2D eigenvalue weighted by Gasteiger charge is -2.07. The molecule has 0 unspecified atom stereocenters. The molecule has 3 heteroatoms. The van der Waals surface area contributed by atoms with E-state index in [0.29, 0.717) is 0 Å². The van der Waals surface area contributed by atoms with Gasteiger partial charge in [-0.25, -0.2) is 0 Å². The summed E-state index contributed by atoms with van der Waals surface area (Å²) in [5, 5.41) is 4.91. The summed E-state index contributed by atoms with van der Waals surface area (Å²) in [7, 11) is 0. The van der Waals surface area contributed by atoms with Gasteiger partial charge < -0.3 is 5.32 Å². The molecule has 0 amide bonds. The predicted molar refractivity (Wildman–Crippen MR) is 78.3 cm³/mol. The minimum absolute atomic E-state index is 0.734. The summed E-state index contributed by atoms with van der Waals surface area (Å²) in [6.07, 6.45) is 0.881. The molecule has 0 aromatic heterocycles. The predicted octanol–water partition coefficient (Wildman–Crippen LogP) is 4.33. The summed E-state index contributed by atoms with van der Waals surface area (Å²) in [5.41, 5.74) is 2.37. The summed E-state index contributed by atoms with van der Waals surface area (Å²) in [5.74, 6) is 0. The molecule has 0 saturated heterocycles. The Balaban J connectivity index is 1.80. The minimum Gasteiger partial charge on any atom is -0.312 e. The van der Waals surface area contributed by atoms with Crippen LogP contribution in [0.3, 0.4) is 0 Å². The summed E-state index contributed by atoms with van der Waals surface area (Å²) in [6, 6.07) is 15.9. The second-order valence-electron chi connectivity index (χ2n) is 4.15. The average molecular weight is 280 g/mol. The van der Waals surface area contributed by atoms with Crippen molar-refractivity contribution in [1.29, 1.82) is 0 Å². The van der Waals surface area contributed by atoms with E-state index in [9.17, 15) is 0 Å². The molecular formula is C15H15Cl2N. The van der Waals surface area contributed by atoms with Crippen LogP contribution in [0.4, 0.5) is 0 Å². The van der Waals surface area contributed by atoms with Gasteiger partial charge in [0, 0.05) is 16.6 Å². The van der Waals surface area contributed by atoms with Gasteiger partial charge in [0.1, 0.15) is 0 Å². The molecule has 0 aliphatic rings. The Bertz CT molecular complexity index is 497. The lowest BCUT2D eigenvalue weighted by Crippen LogP contribution is -2.16. The van der Waals surface area contributed by atoms with E-state index in [1.165, 1.54) is 5.56 Å². The maximum Gasteiger partial charge on any atom is 0.0439 e. The van der Waals surface area contributed by atoms with Crippen molar-refractivity contribution in [3.8, 4) is 0 Å². The molecule has 94 valence electrons. The van der Waals surface area contributed by atoms with Gasteiger partial charge in [0.05, 0.1) is 0 Å². The van der Waals surface area contributed by atoms with E-state index in [0.717, 1.165) is 35.1 Å². The second-order valence-corrected chi connectivity index (χ2v) is 4.99. The zero-order valence-electron chi connectivity index (χ0n) is 10.00. The lowest BCUT2D eigenvalue weighted by atomic mass is 10.1. The third-order valence-electron chi connectivity index (χ3n) is 2.75. The molecule has 18 heavy (non-hydrogen) atoms. The van der Waals surface area contributed by atoms with E-state index in [4.69, 9.17) is 23.2 Å².